The molecule has 0 radical (unpaired) electrons. The van der Waals surface area contributed by atoms with Gasteiger partial charge in [-0.3, -0.25) is 0 Å². The van der Waals surface area contributed by atoms with Gasteiger partial charge >= 0.3 is 93.6 Å². The summed E-state index contributed by atoms with van der Waals surface area (Å²) in [6.45, 7) is 0. The van der Waals surface area contributed by atoms with Crippen LogP contribution in [0.15, 0.2) is 0 Å². The molecule has 0 fully saturated rings. The normalized spacial score (nSPS) is 7.87. The Morgan fingerprint density at radius 2 is 0.533 bits per heavy atom. The summed E-state index contributed by atoms with van der Waals surface area (Å²) in [5.74, 6) is 0. The van der Waals surface area contributed by atoms with Crippen LogP contribution in [0.3, 0.4) is 0 Å². The summed E-state index contributed by atoms with van der Waals surface area (Å²) >= 11 is 0. The third-order valence-corrected chi connectivity index (χ3v) is 0. The van der Waals surface area contributed by atoms with Gasteiger partial charge in [-0.25, -0.2) is 9.13 Å². The molecule has 0 rings (SSSR count). The van der Waals surface area contributed by atoms with Gasteiger partial charge in [0.05, 0.1) is 0 Å². The third-order valence-electron chi connectivity index (χ3n) is 0. The molecular weight excluding hydrogens is 467 g/mol. The SMILES string of the molecule is O=P(O)(O)O.O=P(O)(O)O.[O-2].[Zn+2].[Zn+2].[Zn+2].[Zn+2]. The molecule has 0 unspecified atom stereocenters. The maximum absolute atomic E-state index is 8.88. The third kappa shape index (κ3) is 502. The van der Waals surface area contributed by atoms with Crippen molar-refractivity contribution in [3.63, 3.8) is 0 Å². The van der Waals surface area contributed by atoms with Crippen LogP contribution in [0.5, 0.6) is 0 Å². The molecule has 0 saturated heterocycles. The first kappa shape index (κ1) is 43.1. The largest absolute Gasteiger partial charge is 2.00 e. The van der Waals surface area contributed by atoms with E-state index < -0.39 is 15.6 Å². The van der Waals surface area contributed by atoms with Crippen LogP contribution in [0.4, 0.5) is 0 Å². The van der Waals surface area contributed by atoms with Gasteiger partial charge in [0.1, 0.15) is 0 Å². The molecule has 15 heavy (non-hydrogen) atoms. The Morgan fingerprint density at radius 3 is 0.533 bits per heavy atom. The van der Waals surface area contributed by atoms with Gasteiger partial charge in [0.25, 0.3) is 0 Å². The fourth-order valence-electron chi connectivity index (χ4n) is 0. The molecule has 9 nitrogen and oxygen atoms in total. The zero-order valence-corrected chi connectivity index (χ0v) is 21.3. The summed E-state index contributed by atoms with van der Waals surface area (Å²) in [5, 5.41) is 0. The fourth-order valence-corrected chi connectivity index (χ4v) is 0. The van der Waals surface area contributed by atoms with E-state index in [0.29, 0.717) is 0 Å². The molecule has 0 aromatic rings. The number of rotatable bonds is 0. The average molecular weight is 474 g/mol. The molecule has 0 saturated carbocycles. The molecule has 6 N–H and O–H groups in total. The Morgan fingerprint density at radius 1 is 0.533 bits per heavy atom. The van der Waals surface area contributed by atoms with E-state index in [9.17, 15) is 0 Å². The summed E-state index contributed by atoms with van der Waals surface area (Å²) < 4.78 is 17.8. The van der Waals surface area contributed by atoms with Crippen molar-refractivity contribution in [1.82, 2.24) is 0 Å². The minimum atomic E-state index is -4.64. The van der Waals surface area contributed by atoms with E-state index in [0.717, 1.165) is 0 Å². The summed E-state index contributed by atoms with van der Waals surface area (Å²) in [7, 11) is -9.28. The molecular formula is H6O9P2Zn4+6. The van der Waals surface area contributed by atoms with Crippen LogP contribution in [0.25, 0.3) is 0 Å². The van der Waals surface area contributed by atoms with Crippen molar-refractivity contribution < 1.29 is 122 Å². The van der Waals surface area contributed by atoms with E-state index >= 15 is 0 Å². The van der Waals surface area contributed by atoms with Gasteiger partial charge in [-0.15, -0.1) is 0 Å². The number of hydrogen-bond donors (Lipinski definition) is 6. The summed E-state index contributed by atoms with van der Waals surface area (Å²) in [6, 6.07) is 0. The second-order valence-electron chi connectivity index (χ2n) is 1.03. The van der Waals surface area contributed by atoms with Crippen molar-refractivity contribution in [3.8, 4) is 0 Å². The van der Waals surface area contributed by atoms with Crippen LogP contribution >= 0.6 is 15.6 Å². The average Bonchev–Trinajstić information content (AvgIpc) is 1.12. The molecule has 72 valence electrons. The second kappa shape index (κ2) is 19.0. The van der Waals surface area contributed by atoms with Crippen LogP contribution < -0.4 is 0 Å². The molecule has 0 bridgehead atoms. The van der Waals surface area contributed by atoms with E-state index in [1.54, 1.807) is 0 Å². The first-order valence-electron chi connectivity index (χ1n) is 1.57. The minimum Gasteiger partial charge on any atom is -2.00 e. The topological polar surface area (TPSA) is 184 Å². The second-order valence-corrected chi connectivity index (χ2v) is 3.08. The molecule has 0 aromatic heterocycles. The van der Waals surface area contributed by atoms with Crippen molar-refractivity contribution in [2.45, 2.75) is 0 Å². The molecule has 0 aliphatic heterocycles. The van der Waals surface area contributed by atoms with Gasteiger partial charge in [-0.1, -0.05) is 0 Å². The molecule has 0 atom stereocenters. The van der Waals surface area contributed by atoms with Crippen molar-refractivity contribution in [1.29, 1.82) is 0 Å². The van der Waals surface area contributed by atoms with Gasteiger partial charge < -0.3 is 34.8 Å². The predicted octanol–water partition coefficient (Wildman–Crippen LogP) is -1.99. The predicted molar refractivity (Wildman–Crippen MR) is 29.2 cm³/mol. The monoisotopic (exact) mass is 468 g/mol. The van der Waals surface area contributed by atoms with Crippen LogP contribution in [-0.4, -0.2) is 29.4 Å². The van der Waals surface area contributed by atoms with Crippen LogP contribution in [0.2, 0.25) is 0 Å². The Balaban J connectivity index is -0.0000000128. The van der Waals surface area contributed by atoms with Crippen molar-refractivity contribution in [3.05, 3.63) is 0 Å². The zero-order chi connectivity index (χ0) is 9.00. The summed E-state index contributed by atoms with van der Waals surface area (Å²) in [5.41, 5.74) is 0. The summed E-state index contributed by atoms with van der Waals surface area (Å²) in [4.78, 5) is 43.1. The van der Waals surface area contributed by atoms with Gasteiger partial charge in [0.15, 0.2) is 0 Å². The Bertz CT molecular complexity index is 132. The number of phosphoric acid groups is 2. The smallest absolute Gasteiger partial charge is 2.00 e. The zero-order valence-electron chi connectivity index (χ0n) is 7.63. The first-order chi connectivity index (χ1) is 4.00. The maximum Gasteiger partial charge on any atom is 2.00 e. The van der Waals surface area contributed by atoms with Crippen molar-refractivity contribution in [2.24, 2.45) is 0 Å². The molecule has 0 aliphatic carbocycles. The molecule has 0 aliphatic rings. The minimum absolute atomic E-state index is 0. The Labute approximate surface area is 136 Å². The van der Waals surface area contributed by atoms with Crippen LogP contribution in [0, 0.1) is 0 Å². The quantitative estimate of drug-likeness (QED) is 0.173. The molecule has 0 heterocycles. The van der Waals surface area contributed by atoms with Crippen LogP contribution in [0.1, 0.15) is 0 Å². The van der Waals surface area contributed by atoms with Gasteiger partial charge in [0, 0.05) is 0 Å². The standard InChI is InChI=1S/2H3O4P.O.4Zn/c2*1-5(2,3)4;;;;;/h2*(H3,1,2,3,4);;;;;/q;;-2;4*+2. The van der Waals surface area contributed by atoms with Crippen molar-refractivity contribution >= 4 is 15.6 Å². The molecule has 0 amide bonds. The Hall–Kier alpha value is 2.67. The molecule has 15 heteroatoms. The van der Waals surface area contributed by atoms with E-state index in [4.69, 9.17) is 38.5 Å². The maximum atomic E-state index is 8.88. The molecule has 0 aromatic carbocycles. The molecule has 0 spiro atoms. The fraction of sp³-hybridized carbons (Fsp3) is 0. The van der Waals surface area contributed by atoms with E-state index in [1.165, 1.54) is 0 Å². The van der Waals surface area contributed by atoms with E-state index in [1.807, 2.05) is 0 Å². The van der Waals surface area contributed by atoms with Gasteiger partial charge in [-0.05, 0) is 0 Å². The first-order valence-corrected chi connectivity index (χ1v) is 4.70. The summed E-state index contributed by atoms with van der Waals surface area (Å²) in [6.07, 6.45) is 0. The van der Waals surface area contributed by atoms with Crippen LogP contribution in [-0.2, 0) is 92.5 Å². The Kier molecular flexibility index (Phi) is 54.7. The van der Waals surface area contributed by atoms with Gasteiger partial charge in [-0.2, -0.15) is 0 Å². The number of hydrogen-bond acceptors (Lipinski definition) is 2. The van der Waals surface area contributed by atoms with Gasteiger partial charge in [0.2, 0.25) is 0 Å². The van der Waals surface area contributed by atoms with E-state index in [-0.39, 0.29) is 83.4 Å². The van der Waals surface area contributed by atoms with Crippen molar-refractivity contribution in [2.75, 3.05) is 0 Å². The van der Waals surface area contributed by atoms with E-state index in [2.05, 4.69) is 0 Å².